The molecule has 1 unspecified atom stereocenters. The number of pyridine rings is 1. The number of carbonyl (C=O) groups excluding carboxylic acids is 2. The summed E-state index contributed by atoms with van der Waals surface area (Å²) in [5, 5.41) is 13.1. The zero-order valence-corrected chi connectivity index (χ0v) is 15.7. The summed E-state index contributed by atoms with van der Waals surface area (Å²) in [5.41, 5.74) is 0.297. The Kier molecular flexibility index (Phi) is 5.93. The lowest BCUT2D eigenvalue weighted by Gasteiger charge is -2.37. The van der Waals surface area contributed by atoms with Gasteiger partial charge in [-0.25, -0.2) is 4.98 Å². The smallest absolute Gasteiger partial charge is 0.257 e. The number of anilines is 1. The molecule has 27 heavy (non-hydrogen) atoms. The van der Waals surface area contributed by atoms with Crippen LogP contribution in [0.15, 0.2) is 42.6 Å². The summed E-state index contributed by atoms with van der Waals surface area (Å²) >= 11 is 5.79. The number of aromatic hydroxyl groups is 1. The van der Waals surface area contributed by atoms with Crippen LogP contribution in [-0.4, -0.2) is 63.9 Å². The van der Waals surface area contributed by atoms with Crippen LogP contribution >= 0.6 is 11.6 Å². The van der Waals surface area contributed by atoms with Crippen LogP contribution in [-0.2, 0) is 4.79 Å². The van der Waals surface area contributed by atoms with Gasteiger partial charge in [0.25, 0.3) is 5.91 Å². The Morgan fingerprint density at radius 2 is 1.85 bits per heavy atom. The van der Waals surface area contributed by atoms with Crippen LogP contribution in [0.2, 0.25) is 5.02 Å². The summed E-state index contributed by atoms with van der Waals surface area (Å²) in [6, 6.07) is 9.47. The minimum absolute atomic E-state index is 0.0202. The van der Waals surface area contributed by atoms with Crippen LogP contribution < -0.4 is 5.32 Å². The fraction of sp³-hybridized carbons (Fsp3) is 0.316. The van der Waals surface area contributed by atoms with Gasteiger partial charge in [0.1, 0.15) is 11.6 Å². The molecule has 1 saturated heterocycles. The maximum atomic E-state index is 12.5. The fourth-order valence-electron chi connectivity index (χ4n) is 2.98. The Labute approximate surface area is 162 Å². The third kappa shape index (κ3) is 4.56. The van der Waals surface area contributed by atoms with Crippen molar-refractivity contribution in [2.24, 2.45) is 0 Å². The van der Waals surface area contributed by atoms with Crippen LogP contribution in [0.25, 0.3) is 0 Å². The van der Waals surface area contributed by atoms with E-state index in [-0.39, 0.29) is 23.6 Å². The molecule has 0 aliphatic carbocycles. The third-order valence-electron chi connectivity index (χ3n) is 4.64. The summed E-state index contributed by atoms with van der Waals surface area (Å²) in [5.74, 6) is 0.0679. The van der Waals surface area contributed by atoms with E-state index in [4.69, 9.17) is 11.6 Å². The fourth-order valence-corrected chi connectivity index (χ4v) is 3.10. The molecule has 0 saturated carbocycles. The molecule has 8 heteroatoms. The Hall–Kier alpha value is -2.64. The number of amides is 2. The second-order valence-electron chi connectivity index (χ2n) is 6.37. The standard InChI is InChI=1S/C19H21ClN4O3/c1-13(18(26)22-17-7-6-14(20)12-21-17)23-8-10-24(11-9-23)19(27)15-4-2-3-5-16(15)25/h2-7,12-13,25H,8-11H2,1H3,(H,21,22,26). The van der Waals surface area contributed by atoms with E-state index in [0.717, 1.165) is 0 Å². The van der Waals surface area contributed by atoms with Gasteiger partial charge in [-0.3, -0.25) is 14.5 Å². The van der Waals surface area contributed by atoms with Crippen molar-refractivity contribution in [1.82, 2.24) is 14.8 Å². The van der Waals surface area contributed by atoms with Crippen molar-refractivity contribution >= 4 is 29.2 Å². The molecule has 2 amide bonds. The zero-order valence-electron chi connectivity index (χ0n) is 14.9. The highest BCUT2D eigenvalue weighted by Crippen LogP contribution is 2.19. The Morgan fingerprint density at radius 3 is 2.48 bits per heavy atom. The summed E-state index contributed by atoms with van der Waals surface area (Å²) in [6.07, 6.45) is 1.48. The molecular weight excluding hydrogens is 368 g/mol. The Balaban J connectivity index is 1.55. The van der Waals surface area contributed by atoms with Crippen LogP contribution in [0.4, 0.5) is 5.82 Å². The molecule has 1 aromatic heterocycles. The maximum absolute atomic E-state index is 12.5. The van der Waals surface area contributed by atoms with Crippen LogP contribution in [0.3, 0.4) is 0 Å². The average Bonchev–Trinajstić information content (AvgIpc) is 2.69. The van der Waals surface area contributed by atoms with Gasteiger partial charge in [0, 0.05) is 32.4 Å². The molecular formula is C19H21ClN4O3. The molecule has 1 fully saturated rings. The molecule has 2 N–H and O–H groups in total. The van der Waals surface area contributed by atoms with Gasteiger partial charge in [0.05, 0.1) is 16.6 Å². The van der Waals surface area contributed by atoms with Crippen molar-refractivity contribution in [3.8, 4) is 5.75 Å². The molecule has 0 bridgehead atoms. The normalized spacial score (nSPS) is 16.0. The van der Waals surface area contributed by atoms with Crippen molar-refractivity contribution in [1.29, 1.82) is 0 Å². The number of benzene rings is 1. The van der Waals surface area contributed by atoms with Crippen molar-refractivity contribution in [3.63, 3.8) is 0 Å². The lowest BCUT2D eigenvalue weighted by molar-refractivity contribution is -0.121. The van der Waals surface area contributed by atoms with E-state index in [1.807, 2.05) is 11.8 Å². The second-order valence-corrected chi connectivity index (χ2v) is 6.81. The number of carbonyl (C=O) groups is 2. The largest absolute Gasteiger partial charge is 0.507 e. The predicted octanol–water partition coefficient (Wildman–Crippen LogP) is 2.23. The van der Waals surface area contributed by atoms with Gasteiger partial charge in [0.2, 0.25) is 5.91 Å². The first-order valence-electron chi connectivity index (χ1n) is 8.69. The molecule has 2 heterocycles. The molecule has 1 aliphatic rings. The Bertz CT molecular complexity index is 820. The van der Waals surface area contributed by atoms with Gasteiger partial charge in [-0.2, -0.15) is 0 Å². The predicted molar refractivity (Wildman–Crippen MR) is 103 cm³/mol. The summed E-state index contributed by atoms with van der Waals surface area (Å²) < 4.78 is 0. The van der Waals surface area contributed by atoms with E-state index in [1.54, 1.807) is 35.2 Å². The first kappa shape index (κ1) is 19.1. The summed E-state index contributed by atoms with van der Waals surface area (Å²) in [6.45, 7) is 3.95. The van der Waals surface area contributed by atoms with E-state index in [2.05, 4.69) is 10.3 Å². The number of phenols is 1. The topological polar surface area (TPSA) is 85.8 Å². The van der Waals surface area contributed by atoms with Crippen LogP contribution in [0.5, 0.6) is 5.75 Å². The van der Waals surface area contributed by atoms with E-state index in [0.29, 0.717) is 42.6 Å². The van der Waals surface area contributed by atoms with E-state index in [9.17, 15) is 14.7 Å². The first-order valence-corrected chi connectivity index (χ1v) is 9.07. The van der Waals surface area contributed by atoms with E-state index in [1.165, 1.54) is 12.3 Å². The van der Waals surface area contributed by atoms with Crippen LogP contribution in [0.1, 0.15) is 17.3 Å². The van der Waals surface area contributed by atoms with E-state index >= 15 is 0 Å². The quantitative estimate of drug-likeness (QED) is 0.838. The van der Waals surface area contributed by atoms with Crippen LogP contribution in [0, 0.1) is 0 Å². The number of para-hydroxylation sites is 1. The maximum Gasteiger partial charge on any atom is 0.257 e. The number of hydrogen-bond acceptors (Lipinski definition) is 5. The number of piperazine rings is 1. The van der Waals surface area contributed by atoms with Crippen molar-refractivity contribution in [3.05, 3.63) is 53.2 Å². The number of phenolic OH excluding ortho intramolecular Hbond substituents is 1. The number of hydrogen-bond donors (Lipinski definition) is 2. The van der Waals surface area contributed by atoms with Crippen molar-refractivity contribution in [2.75, 3.05) is 31.5 Å². The van der Waals surface area contributed by atoms with Gasteiger partial charge < -0.3 is 15.3 Å². The average molecular weight is 389 g/mol. The number of halogens is 1. The second kappa shape index (κ2) is 8.37. The molecule has 3 rings (SSSR count). The molecule has 1 aromatic carbocycles. The third-order valence-corrected chi connectivity index (χ3v) is 4.87. The first-order chi connectivity index (χ1) is 13.0. The molecule has 0 radical (unpaired) electrons. The summed E-state index contributed by atoms with van der Waals surface area (Å²) in [7, 11) is 0. The molecule has 142 valence electrons. The Morgan fingerprint density at radius 1 is 1.15 bits per heavy atom. The van der Waals surface area contributed by atoms with Gasteiger partial charge in [-0.15, -0.1) is 0 Å². The molecule has 1 aliphatic heterocycles. The number of nitrogens with zero attached hydrogens (tertiary/aromatic N) is 3. The van der Waals surface area contributed by atoms with Gasteiger partial charge in [-0.05, 0) is 31.2 Å². The lowest BCUT2D eigenvalue weighted by atomic mass is 10.1. The summed E-state index contributed by atoms with van der Waals surface area (Å²) in [4.78, 5) is 32.8. The molecule has 7 nitrogen and oxygen atoms in total. The number of rotatable bonds is 4. The highest BCUT2D eigenvalue weighted by atomic mass is 35.5. The van der Waals surface area contributed by atoms with E-state index < -0.39 is 0 Å². The lowest BCUT2D eigenvalue weighted by Crippen LogP contribution is -2.54. The van der Waals surface area contributed by atoms with Gasteiger partial charge in [-0.1, -0.05) is 23.7 Å². The molecule has 1 atom stereocenters. The number of aromatic nitrogens is 1. The highest BCUT2D eigenvalue weighted by molar-refractivity contribution is 6.30. The highest BCUT2D eigenvalue weighted by Gasteiger charge is 2.28. The minimum Gasteiger partial charge on any atom is -0.507 e. The minimum atomic E-state index is -0.357. The SMILES string of the molecule is CC(C(=O)Nc1ccc(Cl)cn1)N1CCN(C(=O)c2ccccc2O)CC1. The monoisotopic (exact) mass is 388 g/mol. The molecule has 2 aromatic rings. The van der Waals surface area contributed by atoms with Gasteiger partial charge in [0.15, 0.2) is 0 Å². The van der Waals surface area contributed by atoms with Crippen molar-refractivity contribution < 1.29 is 14.7 Å². The van der Waals surface area contributed by atoms with Gasteiger partial charge >= 0.3 is 0 Å². The molecule has 0 spiro atoms. The number of nitrogens with one attached hydrogen (secondary N) is 1. The van der Waals surface area contributed by atoms with Crippen molar-refractivity contribution in [2.45, 2.75) is 13.0 Å². The zero-order chi connectivity index (χ0) is 19.4.